The maximum Gasteiger partial charge on any atom is 0.267 e. The highest BCUT2D eigenvalue weighted by Crippen LogP contribution is 2.15. The third-order valence-electron chi connectivity index (χ3n) is 5.47. The lowest BCUT2D eigenvalue weighted by molar-refractivity contribution is -0.130. The van der Waals surface area contributed by atoms with Gasteiger partial charge in [0.05, 0.1) is 0 Å². The van der Waals surface area contributed by atoms with Gasteiger partial charge in [-0.1, -0.05) is 104 Å². The topological polar surface area (TPSA) is 49.7 Å². The molecule has 0 aliphatic carbocycles. The lowest BCUT2D eigenvalue weighted by Crippen LogP contribution is -2.34. The maximum absolute atomic E-state index is 12.2. The normalized spacial score (nSPS) is 14.1. The van der Waals surface area contributed by atoms with E-state index in [1.165, 1.54) is 83.5 Å². The molecule has 0 unspecified atom stereocenters. The molecule has 0 aromatic rings. The average Bonchev–Trinajstić information content (AvgIpc) is 3.05. The highest BCUT2D eigenvalue weighted by Gasteiger charge is 2.26. The zero-order chi connectivity index (χ0) is 19.7. The van der Waals surface area contributed by atoms with Gasteiger partial charge >= 0.3 is 0 Å². The van der Waals surface area contributed by atoms with Crippen LogP contribution in [0.15, 0.2) is 4.99 Å². The van der Waals surface area contributed by atoms with Crippen molar-refractivity contribution in [3.05, 3.63) is 0 Å². The lowest BCUT2D eigenvalue weighted by Gasteiger charge is -2.16. The quantitative estimate of drug-likeness (QED) is 0.274. The van der Waals surface area contributed by atoms with Gasteiger partial charge < -0.3 is 0 Å². The first-order valence-electron chi connectivity index (χ1n) is 11.6. The van der Waals surface area contributed by atoms with Gasteiger partial charge in [0, 0.05) is 12.8 Å². The van der Waals surface area contributed by atoms with Crippen molar-refractivity contribution in [2.24, 2.45) is 4.99 Å². The predicted molar refractivity (Wildman–Crippen MR) is 114 cm³/mol. The van der Waals surface area contributed by atoms with E-state index >= 15 is 0 Å². The fraction of sp³-hybridized carbons (Fsp3) is 0.870. The van der Waals surface area contributed by atoms with Crippen LogP contribution < -0.4 is 0 Å². The van der Waals surface area contributed by atoms with Crippen molar-refractivity contribution in [1.29, 1.82) is 0 Å². The van der Waals surface area contributed by atoms with Crippen molar-refractivity contribution >= 4 is 17.6 Å². The summed E-state index contributed by atoms with van der Waals surface area (Å²) in [6.45, 7) is 4.36. The average molecular weight is 379 g/mol. The summed E-state index contributed by atoms with van der Waals surface area (Å²) in [4.78, 5) is 29.0. The molecule has 0 fully saturated rings. The second-order valence-corrected chi connectivity index (χ2v) is 7.95. The summed E-state index contributed by atoms with van der Waals surface area (Å²) in [5, 5.41) is 0. The predicted octanol–water partition coefficient (Wildman–Crippen LogP) is 6.43. The number of carbonyl (C=O) groups excluding carboxylic acids is 2. The Hall–Kier alpha value is -1.19. The summed E-state index contributed by atoms with van der Waals surface area (Å²) in [7, 11) is 0. The van der Waals surface area contributed by atoms with Gasteiger partial charge in [-0.3, -0.25) is 14.5 Å². The molecule has 0 N–H and O–H groups in total. The Morgan fingerprint density at radius 2 is 1.22 bits per heavy atom. The third-order valence-corrected chi connectivity index (χ3v) is 5.47. The molecule has 1 aliphatic heterocycles. The maximum atomic E-state index is 12.2. The number of hydrogen-bond acceptors (Lipinski definition) is 2. The van der Waals surface area contributed by atoms with E-state index in [9.17, 15) is 9.59 Å². The fourth-order valence-corrected chi connectivity index (χ4v) is 3.75. The van der Waals surface area contributed by atoms with E-state index in [1.807, 2.05) is 6.92 Å². The standard InChI is InChI=1S/C23H42N2O2/c1-3-5-6-7-8-9-10-11-12-13-14-15-16-17-18-19-23(27)25-20-22(26)24-21(25)4-2/h3-20H2,1-2H3. The Kier molecular flexibility index (Phi) is 14.0. The molecule has 1 heterocycles. The van der Waals surface area contributed by atoms with Crippen molar-refractivity contribution in [1.82, 2.24) is 4.90 Å². The van der Waals surface area contributed by atoms with Gasteiger partial charge in [-0.25, -0.2) is 0 Å². The molecule has 0 aromatic heterocycles. The molecule has 156 valence electrons. The highest BCUT2D eigenvalue weighted by atomic mass is 16.2. The Morgan fingerprint density at radius 3 is 1.67 bits per heavy atom. The zero-order valence-corrected chi connectivity index (χ0v) is 17.9. The van der Waals surface area contributed by atoms with E-state index in [0.717, 1.165) is 12.8 Å². The summed E-state index contributed by atoms with van der Waals surface area (Å²) < 4.78 is 0. The van der Waals surface area contributed by atoms with Crippen LogP contribution in [0.3, 0.4) is 0 Å². The molecule has 0 spiro atoms. The molecular formula is C23H42N2O2. The van der Waals surface area contributed by atoms with E-state index in [2.05, 4.69) is 11.9 Å². The number of nitrogens with zero attached hydrogens (tertiary/aromatic N) is 2. The van der Waals surface area contributed by atoms with E-state index in [4.69, 9.17) is 0 Å². The summed E-state index contributed by atoms with van der Waals surface area (Å²) in [6, 6.07) is 0. The van der Waals surface area contributed by atoms with Crippen LogP contribution in [0.2, 0.25) is 0 Å². The van der Waals surface area contributed by atoms with Crippen LogP contribution in [0.25, 0.3) is 0 Å². The van der Waals surface area contributed by atoms with Crippen molar-refractivity contribution < 1.29 is 9.59 Å². The number of unbranched alkanes of at least 4 members (excludes halogenated alkanes) is 14. The SMILES string of the molecule is CCCCCCCCCCCCCCCCCC(=O)N1CC(=O)N=C1CC. The second kappa shape index (κ2) is 15.8. The van der Waals surface area contributed by atoms with Crippen molar-refractivity contribution in [3.8, 4) is 0 Å². The summed E-state index contributed by atoms with van der Waals surface area (Å²) in [5.41, 5.74) is 0. The monoisotopic (exact) mass is 378 g/mol. The number of aliphatic imine (C=N–C) groups is 1. The molecule has 0 saturated heterocycles. The number of carbonyl (C=O) groups is 2. The van der Waals surface area contributed by atoms with Gasteiger partial charge in [0.1, 0.15) is 12.4 Å². The van der Waals surface area contributed by atoms with Crippen LogP contribution in [0.1, 0.15) is 123 Å². The molecule has 0 bridgehead atoms. The highest BCUT2D eigenvalue weighted by molar-refractivity contribution is 6.10. The summed E-state index contributed by atoms with van der Waals surface area (Å²) in [6.07, 6.45) is 21.1. The van der Waals surface area contributed by atoms with E-state index < -0.39 is 0 Å². The molecule has 0 atom stereocenters. The Balaban J connectivity index is 1.85. The first kappa shape index (κ1) is 23.8. The van der Waals surface area contributed by atoms with Crippen LogP contribution in [-0.2, 0) is 9.59 Å². The molecule has 1 aliphatic rings. The largest absolute Gasteiger partial charge is 0.291 e. The van der Waals surface area contributed by atoms with Crippen LogP contribution in [0, 0.1) is 0 Å². The molecule has 4 nitrogen and oxygen atoms in total. The molecule has 0 aromatic carbocycles. The van der Waals surface area contributed by atoms with E-state index in [0.29, 0.717) is 18.7 Å². The minimum atomic E-state index is -0.184. The van der Waals surface area contributed by atoms with Crippen LogP contribution in [0.5, 0.6) is 0 Å². The number of amides is 2. The Bertz CT molecular complexity index is 446. The second-order valence-electron chi connectivity index (χ2n) is 7.95. The van der Waals surface area contributed by atoms with Gasteiger partial charge in [-0.2, -0.15) is 4.99 Å². The third kappa shape index (κ3) is 11.3. The lowest BCUT2D eigenvalue weighted by atomic mass is 10.0. The van der Waals surface area contributed by atoms with Crippen LogP contribution in [-0.4, -0.2) is 29.1 Å². The summed E-state index contributed by atoms with van der Waals surface area (Å²) >= 11 is 0. The zero-order valence-electron chi connectivity index (χ0n) is 17.9. The molecule has 0 radical (unpaired) electrons. The molecular weight excluding hydrogens is 336 g/mol. The van der Waals surface area contributed by atoms with E-state index in [1.54, 1.807) is 4.90 Å². The van der Waals surface area contributed by atoms with Crippen LogP contribution in [0.4, 0.5) is 0 Å². The first-order valence-corrected chi connectivity index (χ1v) is 11.6. The van der Waals surface area contributed by atoms with Crippen molar-refractivity contribution in [2.75, 3.05) is 6.54 Å². The van der Waals surface area contributed by atoms with Gasteiger partial charge in [-0.05, 0) is 6.42 Å². The molecule has 2 amide bonds. The van der Waals surface area contributed by atoms with Crippen molar-refractivity contribution in [2.45, 2.75) is 123 Å². The molecule has 27 heavy (non-hydrogen) atoms. The number of amidine groups is 1. The minimum Gasteiger partial charge on any atom is -0.291 e. The Labute approximate surface area is 167 Å². The number of rotatable bonds is 17. The van der Waals surface area contributed by atoms with Gasteiger partial charge in [0.2, 0.25) is 5.91 Å². The van der Waals surface area contributed by atoms with E-state index in [-0.39, 0.29) is 18.4 Å². The van der Waals surface area contributed by atoms with Crippen molar-refractivity contribution in [3.63, 3.8) is 0 Å². The first-order chi connectivity index (χ1) is 13.2. The molecule has 4 heteroatoms. The van der Waals surface area contributed by atoms with Gasteiger partial charge in [0.15, 0.2) is 0 Å². The van der Waals surface area contributed by atoms with Gasteiger partial charge in [-0.15, -0.1) is 0 Å². The fourth-order valence-electron chi connectivity index (χ4n) is 3.75. The molecule has 1 rings (SSSR count). The summed E-state index contributed by atoms with van der Waals surface area (Å²) in [5.74, 6) is 0.527. The van der Waals surface area contributed by atoms with Gasteiger partial charge in [0.25, 0.3) is 5.91 Å². The number of hydrogen-bond donors (Lipinski definition) is 0. The molecule has 0 saturated carbocycles. The van der Waals surface area contributed by atoms with Crippen LogP contribution >= 0.6 is 0 Å². The Morgan fingerprint density at radius 1 is 0.778 bits per heavy atom. The smallest absolute Gasteiger partial charge is 0.267 e. The minimum absolute atomic E-state index is 0.0659.